The summed E-state index contributed by atoms with van der Waals surface area (Å²) in [5.74, 6) is -0.834. The molecule has 2 atom stereocenters. The van der Waals surface area contributed by atoms with Crippen LogP contribution in [0.15, 0.2) is 207 Å². The van der Waals surface area contributed by atoms with Crippen LogP contribution in [0.2, 0.25) is 0 Å². The molecule has 0 aromatic rings. The first-order valence-electron chi connectivity index (χ1n) is 38.8. The first-order chi connectivity index (χ1) is 48.0. The predicted octanol–water partition coefficient (Wildman–Crippen LogP) is 26.2. The van der Waals surface area contributed by atoms with Crippen LogP contribution < -0.4 is 0 Å². The summed E-state index contributed by atoms with van der Waals surface area (Å²) >= 11 is 0. The Morgan fingerprint density at radius 1 is 0.316 bits per heavy atom. The first kappa shape index (κ1) is 92.6. The zero-order valence-electron chi connectivity index (χ0n) is 62.9. The maximum absolute atomic E-state index is 12.9. The van der Waals surface area contributed by atoms with Crippen molar-refractivity contribution in [1.82, 2.24) is 0 Å². The van der Waals surface area contributed by atoms with Crippen LogP contribution in [0.4, 0.5) is 0 Å². The van der Waals surface area contributed by atoms with Crippen molar-refractivity contribution in [3.05, 3.63) is 207 Å². The van der Waals surface area contributed by atoms with Crippen LogP contribution in [0.5, 0.6) is 0 Å². The number of ether oxygens (including phenoxy) is 2. The van der Waals surface area contributed by atoms with Crippen molar-refractivity contribution in [2.45, 2.75) is 290 Å². The predicted molar refractivity (Wildman–Crippen MR) is 426 cm³/mol. The summed E-state index contributed by atoms with van der Waals surface area (Å²) in [5.41, 5.74) is 0. The van der Waals surface area contributed by atoms with Crippen LogP contribution in [0.25, 0.3) is 0 Å². The van der Waals surface area contributed by atoms with E-state index in [-0.39, 0.29) is 32.0 Å². The maximum atomic E-state index is 12.9. The van der Waals surface area contributed by atoms with E-state index in [1.54, 1.807) is 0 Å². The lowest BCUT2D eigenvalue weighted by Crippen LogP contribution is -2.37. The molecule has 0 aromatic heterocycles. The number of rotatable bonds is 69. The highest BCUT2D eigenvalue weighted by molar-refractivity contribution is 7.47. The quantitative estimate of drug-likeness (QED) is 0.0211. The zero-order valence-corrected chi connectivity index (χ0v) is 63.8. The van der Waals surface area contributed by atoms with Crippen molar-refractivity contribution < 1.29 is 42.1 Å². The van der Waals surface area contributed by atoms with Crippen LogP contribution in [0.1, 0.15) is 284 Å². The Morgan fingerprint density at radius 3 is 0.816 bits per heavy atom. The molecule has 10 heteroatoms. The van der Waals surface area contributed by atoms with Crippen molar-refractivity contribution in [3.63, 3.8) is 0 Å². The highest BCUT2D eigenvalue weighted by Gasteiger charge is 2.27. The Balaban J connectivity index is 4.13. The van der Waals surface area contributed by atoms with E-state index in [2.05, 4.69) is 220 Å². The Morgan fingerprint density at radius 2 is 0.551 bits per heavy atom. The molecule has 0 radical (unpaired) electrons. The summed E-state index contributed by atoms with van der Waals surface area (Å²) in [4.78, 5) is 36.0. The third-order valence-corrected chi connectivity index (χ3v) is 16.8. The smallest absolute Gasteiger partial charge is 0.462 e. The second kappa shape index (κ2) is 75.8. The van der Waals surface area contributed by atoms with Crippen LogP contribution >= 0.6 is 7.82 Å². The van der Waals surface area contributed by atoms with Crippen molar-refractivity contribution in [2.75, 3.05) is 47.5 Å². The van der Waals surface area contributed by atoms with E-state index in [0.717, 1.165) is 154 Å². The third-order valence-electron chi connectivity index (χ3n) is 15.8. The number of likely N-dealkylation sites (N-methyl/N-ethyl adjacent to an activating group) is 1. The highest BCUT2D eigenvalue weighted by atomic mass is 31.2. The second-order valence-electron chi connectivity index (χ2n) is 26.3. The van der Waals surface area contributed by atoms with E-state index < -0.39 is 26.5 Å². The second-order valence-corrected chi connectivity index (χ2v) is 27.7. The van der Waals surface area contributed by atoms with Gasteiger partial charge in [-0.25, -0.2) is 4.57 Å². The molecule has 0 amide bonds. The molecule has 2 unspecified atom stereocenters. The van der Waals surface area contributed by atoms with E-state index in [1.807, 2.05) is 21.1 Å². The van der Waals surface area contributed by atoms with Gasteiger partial charge in [-0.2, -0.15) is 0 Å². The Labute approximate surface area is 602 Å². The normalized spacial score (nSPS) is 14.2. The van der Waals surface area contributed by atoms with Crippen LogP contribution in [-0.4, -0.2) is 74.9 Å². The number of hydrogen-bond acceptors (Lipinski definition) is 7. The minimum Gasteiger partial charge on any atom is -0.462 e. The van der Waals surface area contributed by atoms with Crippen LogP contribution in [0.3, 0.4) is 0 Å². The van der Waals surface area contributed by atoms with Gasteiger partial charge in [-0.05, 0) is 148 Å². The molecular weight excluding hydrogens is 1230 g/mol. The maximum Gasteiger partial charge on any atom is 0.472 e. The topological polar surface area (TPSA) is 108 Å². The molecule has 0 fully saturated rings. The number of carbonyl (C=O) groups is 2. The molecule has 0 heterocycles. The third kappa shape index (κ3) is 79.6. The fourth-order valence-corrected chi connectivity index (χ4v) is 10.7. The number of esters is 2. The van der Waals surface area contributed by atoms with Gasteiger partial charge in [-0.15, -0.1) is 0 Å². The number of hydrogen-bond donors (Lipinski definition) is 1. The molecule has 1 N–H and O–H groups in total. The van der Waals surface area contributed by atoms with E-state index in [1.165, 1.54) is 96.3 Å². The molecule has 0 saturated carbocycles. The molecule has 0 rings (SSSR count). The number of carbonyl (C=O) groups excluding carboxylic acids is 2. The fraction of sp³-hybridized carbons (Fsp3) is 0.591. The van der Waals surface area contributed by atoms with E-state index in [4.69, 9.17) is 18.5 Å². The molecular formula is C88H143NO8P+. The Kier molecular flexibility index (Phi) is 71.6. The number of unbranched alkanes of at least 4 members (excludes halogenated alkanes) is 21. The largest absolute Gasteiger partial charge is 0.472 e. The monoisotopic (exact) mass is 1370 g/mol. The lowest BCUT2D eigenvalue weighted by molar-refractivity contribution is -0.870. The van der Waals surface area contributed by atoms with Gasteiger partial charge in [0, 0.05) is 12.8 Å². The Hall–Kier alpha value is -5.41. The molecule has 0 bridgehead atoms. The lowest BCUT2D eigenvalue weighted by Gasteiger charge is -2.24. The summed E-state index contributed by atoms with van der Waals surface area (Å²) in [6.07, 6.45) is 119. The van der Waals surface area contributed by atoms with Gasteiger partial charge in [-0.3, -0.25) is 18.6 Å². The van der Waals surface area contributed by atoms with E-state index >= 15 is 0 Å². The number of phosphoric acid groups is 1. The fourth-order valence-electron chi connectivity index (χ4n) is 9.97. The zero-order chi connectivity index (χ0) is 71.1. The van der Waals surface area contributed by atoms with Gasteiger partial charge in [0.2, 0.25) is 0 Å². The standard InChI is InChI=1S/C88H142NO8P/c1-6-8-10-12-14-16-18-20-22-24-26-28-30-32-34-36-38-40-41-42-43-44-45-46-47-49-51-53-55-57-59-61-63-65-67-69-71-73-75-77-79-81-88(91)97-86(85-96-98(92,93)95-83-82-89(3,4)5)84-94-87(90)80-78-76-74-72-70-68-66-64-62-60-58-56-54-52-50-48-39-37-35-33-31-29-27-25-23-21-19-17-15-13-11-9-7-2/h8-11,14-17,20-23,26-29,32-35,38,40,42-43,45-46,49,51,55,57,61,63,67,69,86H,6-7,12-13,18-19,24-25,30-31,36-37,39,41,44,47-48,50,52-54,56,58-60,62,64-66,68,70-85H2,1-5H3/p+1/b10-8-,11-9-,16-14-,17-15-,22-20-,23-21-,28-26-,29-27-,34-32-,35-33-,40-38-,43-42-,46-45-,51-49-,57-55-,63-61-,69-67-. The molecule has 0 spiro atoms. The van der Waals surface area contributed by atoms with Crippen molar-refractivity contribution >= 4 is 19.8 Å². The SMILES string of the molecule is CC/C=C\C/C=C\C/C=C\C/C=C\C/C=C\C/C=C\C/C=C\C/C=C\C/C=C\C/C=C\C/C=C\C/C=C\CCCCCCC(=O)OC(COC(=O)CCCCCCCCCCCCCCCCCCC/C=C\C/C=C\C/C=C\C/C=C\C/C=C\CC)COP(=O)(O)OCC[N+](C)(C)C. The molecule has 98 heavy (non-hydrogen) atoms. The summed E-state index contributed by atoms with van der Waals surface area (Å²) < 4.78 is 34.7. The van der Waals surface area contributed by atoms with Gasteiger partial charge >= 0.3 is 19.8 Å². The number of nitrogens with zero attached hydrogens (tertiary/aromatic N) is 1. The average molecular weight is 1370 g/mol. The van der Waals surface area contributed by atoms with Crippen molar-refractivity contribution in [2.24, 2.45) is 0 Å². The van der Waals surface area contributed by atoms with E-state index in [9.17, 15) is 19.0 Å². The molecule has 0 aliphatic rings. The number of allylic oxidation sites excluding steroid dienone is 34. The highest BCUT2D eigenvalue weighted by Crippen LogP contribution is 2.43. The molecule has 0 aliphatic carbocycles. The summed E-state index contributed by atoms with van der Waals surface area (Å²) in [7, 11) is 1.44. The minimum atomic E-state index is -4.42. The van der Waals surface area contributed by atoms with Gasteiger partial charge in [-0.1, -0.05) is 330 Å². The van der Waals surface area contributed by atoms with Gasteiger partial charge in [0.15, 0.2) is 6.10 Å². The minimum absolute atomic E-state index is 0.0167. The molecule has 0 aromatic carbocycles. The first-order valence-corrected chi connectivity index (χ1v) is 40.3. The molecule has 0 aliphatic heterocycles. The summed E-state index contributed by atoms with van der Waals surface area (Å²) in [5, 5.41) is 0. The van der Waals surface area contributed by atoms with Gasteiger partial charge in [0.1, 0.15) is 19.8 Å². The Bertz CT molecular complexity index is 2410. The van der Waals surface area contributed by atoms with Gasteiger partial charge in [0.25, 0.3) is 0 Å². The molecule has 552 valence electrons. The lowest BCUT2D eigenvalue weighted by atomic mass is 10.0. The van der Waals surface area contributed by atoms with Crippen molar-refractivity contribution in [3.8, 4) is 0 Å². The summed E-state index contributed by atoms with van der Waals surface area (Å²) in [6, 6.07) is 0. The van der Waals surface area contributed by atoms with Gasteiger partial charge < -0.3 is 18.9 Å². The molecule has 9 nitrogen and oxygen atoms in total. The summed E-state index contributed by atoms with van der Waals surface area (Å²) in [6.45, 7) is 4.17. The average Bonchev–Trinajstić information content (AvgIpc) is 1.08. The van der Waals surface area contributed by atoms with Crippen LogP contribution in [0, 0.1) is 0 Å². The molecule has 0 saturated heterocycles. The van der Waals surface area contributed by atoms with Crippen LogP contribution in [-0.2, 0) is 32.7 Å². The van der Waals surface area contributed by atoms with Crippen molar-refractivity contribution in [1.29, 1.82) is 0 Å². The van der Waals surface area contributed by atoms with Gasteiger partial charge in [0.05, 0.1) is 27.7 Å². The number of quaternary nitrogens is 1. The number of phosphoric ester groups is 1. The van der Waals surface area contributed by atoms with E-state index in [0.29, 0.717) is 17.4 Å².